The predicted octanol–water partition coefficient (Wildman–Crippen LogP) is 2.99. The molecule has 0 unspecified atom stereocenters. The van der Waals surface area contributed by atoms with Gasteiger partial charge in [-0.2, -0.15) is 0 Å². The second-order valence-electron chi connectivity index (χ2n) is 6.38. The summed E-state index contributed by atoms with van der Waals surface area (Å²) < 4.78 is 5.31. The second-order valence-corrected chi connectivity index (χ2v) is 6.38. The zero-order chi connectivity index (χ0) is 14.5. The summed E-state index contributed by atoms with van der Waals surface area (Å²) in [6.07, 6.45) is 5.79. The van der Waals surface area contributed by atoms with Gasteiger partial charge in [-0.05, 0) is 53.4 Å². The molecule has 0 spiro atoms. The van der Waals surface area contributed by atoms with Crippen molar-refractivity contribution in [1.29, 1.82) is 0 Å². The molecule has 0 aromatic carbocycles. The molecule has 1 amide bonds. The molecule has 4 heteroatoms. The number of hydrogen-bond acceptors (Lipinski definition) is 3. The van der Waals surface area contributed by atoms with Crippen LogP contribution in [0.1, 0.15) is 53.4 Å². The van der Waals surface area contributed by atoms with Gasteiger partial charge in [-0.3, -0.25) is 0 Å². The Morgan fingerprint density at radius 3 is 2.63 bits per heavy atom. The molecule has 3 atom stereocenters. The molecular weight excluding hydrogens is 240 g/mol. The van der Waals surface area contributed by atoms with Gasteiger partial charge in [-0.1, -0.05) is 6.08 Å². The van der Waals surface area contributed by atoms with Crippen LogP contribution in [0.15, 0.2) is 12.7 Å². The number of alkyl carbamates (subject to hydrolysis) is 1. The minimum Gasteiger partial charge on any atom is -0.444 e. The summed E-state index contributed by atoms with van der Waals surface area (Å²) in [5.41, 5.74) is -0.443. The van der Waals surface area contributed by atoms with E-state index >= 15 is 0 Å². The number of rotatable bonds is 5. The first-order chi connectivity index (χ1) is 8.81. The highest BCUT2D eigenvalue weighted by molar-refractivity contribution is 5.68. The Kier molecular flexibility index (Phi) is 5.85. The molecule has 2 N–H and O–H groups in total. The molecule has 1 saturated carbocycles. The van der Waals surface area contributed by atoms with Crippen LogP contribution in [0, 0.1) is 0 Å². The van der Waals surface area contributed by atoms with E-state index in [0.717, 1.165) is 25.7 Å². The van der Waals surface area contributed by atoms with Crippen molar-refractivity contribution in [3.05, 3.63) is 12.7 Å². The summed E-state index contributed by atoms with van der Waals surface area (Å²) >= 11 is 0. The molecule has 1 fully saturated rings. The zero-order valence-electron chi connectivity index (χ0n) is 12.7. The zero-order valence-corrected chi connectivity index (χ0v) is 12.7. The molecule has 0 bridgehead atoms. The van der Waals surface area contributed by atoms with E-state index in [1.165, 1.54) is 0 Å². The lowest BCUT2D eigenvalue weighted by Crippen LogP contribution is -2.50. The van der Waals surface area contributed by atoms with E-state index in [0.29, 0.717) is 12.1 Å². The van der Waals surface area contributed by atoms with Crippen molar-refractivity contribution < 1.29 is 9.53 Å². The van der Waals surface area contributed by atoms with E-state index < -0.39 is 5.60 Å². The summed E-state index contributed by atoms with van der Waals surface area (Å²) in [5.74, 6) is 0. The lowest BCUT2D eigenvalue weighted by Gasteiger charge is -2.27. The maximum absolute atomic E-state index is 11.8. The summed E-state index contributed by atoms with van der Waals surface area (Å²) in [6, 6.07) is 0.896. The van der Waals surface area contributed by atoms with Crippen LogP contribution in [0.5, 0.6) is 0 Å². The molecule has 0 saturated heterocycles. The molecular formula is C15H28N2O2. The van der Waals surface area contributed by atoms with Gasteiger partial charge in [0.25, 0.3) is 0 Å². The van der Waals surface area contributed by atoms with Crippen LogP contribution in [-0.2, 0) is 4.74 Å². The van der Waals surface area contributed by atoms with Gasteiger partial charge in [-0.15, -0.1) is 6.58 Å². The average Bonchev–Trinajstić information content (AvgIpc) is 2.62. The molecule has 1 aliphatic carbocycles. The molecule has 110 valence electrons. The van der Waals surface area contributed by atoms with Gasteiger partial charge in [0.05, 0.1) is 0 Å². The molecule has 0 aromatic heterocycles. The highest BCUT2D eigenvalue weighted by Crippen LogP contribution is 2.20. The van der Waals surface area contributed by atoms with Crippen LogP contribution < -0.4 is 10.6 Å². The van der Waals surface area contributed by atoms with Crippen molar-refractivity contribution in [3.63, 3.8) is 0 Å². The smallest absolute Gasteiger partial charge is 0.407 e. The first kappa shape index (κ1) is 16.0. The first-order valence-electron chi connectivity index (χ1n) is 7.18. The Bertz CT molecular complexity index is 310. The minimum absolute atomic E-state index is 0.169. The van der Waals surface area contributed by atoms with Gasteiger partial charge in [0.15, 0.2) is 0 Å². The van der Waals surface area contributed by atoms with Crippen molar-refractivity contribution in [2.75, 3.05) is 0 Å². The second kappa shape index (κ2) is 6.94. The predicted molar refractivity (Wildman–Crippen MR) is 78.2 cm³/mol. The Balaban J connectivity index is 2.43. The number of ether oxygens (including phenoxy) is 1. The van der Waals surface area contributed by atoms with Crippen molar-refractivity contribution in [3.8, 4) is 0 Å². The van der Waals surface area contributed by atoms with E-state index in [-0.39, 0.29) is 12.1 Å². The highest BCUT2D eigenvalue weighted by Gasteiger charge is 2.30. The normalized spacial score (nSPS) is 24.8. The van der Waals surface area contributed by atoms with Crippen LogP contribution in [-0.4, -0.2) is 29.8 Å². The number of carbonyl (C=O) groups excluding carboxylic acids is 1. The standard InChI is InChI=1S/C15H28N2O2/c1-6-8-11(2)16-12-9-7-10-13(12)17-14(18)19-15(3,4)5/h6,11-13,16H,1,7-10H2,2-5H3,(H,17,18)/t11-,12-,13-/m0/s1. The topological polar surface area (TPSA) is 50.4 Å². The lowest BCUT2D eigenvalue weighted by molar-refractivity contribution is 0.0497. The average molecular weight is 268 g/mol. The fraction of sp³-hybridized carbons (Fsp3) is 0.800. The quantitative estimate of drug-likeness (QED) is 0.754. The summed E-state index contributed by atoms with van der Waals surface area (Å²) in [7, 11) is 0. The van der Waals surface area contributed by atoms with Gasteiger partial charge >= 0.3 is 6.09 Å². The molecule has 1 rings (SSSR count). The van der Waals surface area contributed by atoms with Crippen LogP contribution in [0.4, 0.5) is 4.79 Å². The van der Waals surface area contributed by atoms with Gasteiger partial charge in [0.2, 0.25) is 0 Å². The molecule has 0 radical (unpaired) electrons. The van der Waals surface area contributed by atoms with E-state index in [1.54, 1.807) is 0 Å². The number of hydrogen-bond donors (Lipinski definition) is 2. The van der Waals surface area contributed by atoms with Gasteiger partial charge in [-0.25, -0.2) is 4.79 Å². The third-order valence-electron chi connectivity index (χ3n) is 3.24. The Hall–Kier alpha value is -1.03. The number of nitrogens with one attached hydrogen (secondary N) is 2. The molecule has 0 heterocycles. The number of amides is 1. The molecule has 0 aliphatic heterocycles. The lowest BCUT2D eigenvalue weighted by atomic mass is 10.1. The van der Waals surface area contributed by atoms with Crippen LogP contribution in [0.3, 0.4) is 0 Å². The monoisotopic (exact) mass is 268 g/mol. The Morgan fingerprint density at radius 2 is 2.05 bits per heavy atom. The van der Waals surface area contributed by atoms with E-state index in [9.17, 15) is 4.79 Å². The van der Waals surface area contributed by atoms with Crippen molar-refractivity contribution in [2.45, 2.75) is 77.1 Å². The summed E-state index contributed by atoms with van der Waals surface area (Å²) in [4.78, 5) is 11.8. The van der Waals surface area contributed by atoms with Crippen LogP contribution in [0.2, 0.25) is 0 Å². The Morgan fingerprint density at radius 1 is 1.42 bits per heavy atom. The molecule has 1 aliphatic rings. The molecule has 0 aromatic rings. The fourth-order valence-electron chi connectivity index (χ4n) is 2.47. The third kappa shape index (κ3) is 6.10. The van der Waals surface area contributed by atoms with E-state index in [4.69, 9.17) is 4.74 Å². The third-order valence-corrected chi connectivity index (χ3v) is 3.24. The fourth-order valence-corrected chi connectivity index (χ4v) is 2.47. The van der Waals surface area contributed by atoms with Gasteiger partial charge < -0.3 is 15.4 Å². The van der Waals surface area contributed by atoms with E-state index in [2.05, 4.69) is 24.1 Å². The van der Waals surface area contributed by atoms with Crippen LogP contribution >= 0.6 is 0 Å². The maximum atomic E-state index is 11.8. The van der Waals surface area contributed by atoms with Crippen LogP contribution in [0.25, 0.3) is 0 Å². The minimum atomic E-state index is -0.443. The molecule has 19 heavy (non-hydrogen) atoms. The summed E-state index contributed by atoms with van der Waals surface area (Å²) in [6.45, 7) is 11.5. The van der Waals surface area contributed by atoms with Crippen molar-refractivity contribution >= 4 is 6.09 Å². The van der Waals surface area contributed by atoms with Crippen molar-refractivity contribution in [2.24, 2.45) is 0 Å². The Labute approximate surface area is 117 Å². The SMILES string of the molecule is C=CC[C@H](C)N[C@H]1CCC[C@@H]1NC(=O)OC(C)(C)C. The van der Waals surface area contributed by atoms with Crippen molar-refractivity contribution in [1.82, 2.24) is 10.6 Å². The maximum Gasteiger partial charge on any atom is 0.407 e. The molecule has 4 nitrogen and oxygen atoms in total. The van der Waals surface area contributed by atoms with E-state index in [1.807, 2.05) is 26.8 Å². The highest BCUT2D eigenvalue weighted by atomic mass is 16.6. The number of carbonyl (C=O) groups is 1. The largest absolute Gasteiger partial charge is 0.444 e. The summed E-state index contributed by atoms with van der Waals surface area (Å²) in [5, 5.41) is 6.54. The van der Waals surface area contributed by atoms with Gasteiger partial charge in [0, 0.05) is 18.1 Å². The first-order valence-corrected chi connectivity index (χ1v) is 7.18. The van der Waals surface area contributed by atoms with Gasteiger partial charge in [0.1, 0.15) is 5.60 Å².